The minimum atomic E-state index is -0.0944. The van der Waals surface area contributed by atoms with E-state index in [1.165, 1.54) is 0 Å². The van der Waals surface area contributed by atoms with Gasteiger partial charge < -0.3 is 14.6 Å². The molecule has 2 heterocycles. The summed E-state index contributed by atoms with van der Waals surface area (Å²) in [6, 6.07) is 11.6. The largest absolute Gasteiger partial charge is 0.469 e. The highest BCUT2D eigenvalue weighted by Gasteiger charge is 2.46. The minimum Gasteiger partial charge on any atom is -0.469 e. The van der Waals surface area contributed by atoms with Gasteiger partial charge in [0.25, 0.3) is 0 Å². The highest BCUT2D eigenvalue weighted by molar-refractivity contribution is 5.95. The number of benzene rings is 1. The van der Waals surface area contributed by atoms with Crippen LogP contribution in [-0.4, -0.2) is 18.4 Å². The van der Waals surface area contributed by atoms with Crippen LogP contribution in [0, 0.1) is 5.92 Å². The van der Waals surface area contributed by atoms with Crippen molar-refractivity contribution in [2.75, 3.05) is 11.4 Å². The van der Waals surface area contributed by atoms with Crippen molar-refractivity contribution in [3.8, 4) is 0 Å². The summed E-state index contributed by atoms with van der Waals surface area (Å²) in [5.74, 6) is 1.33. The number of hydrogen-bond donors (Lipinski definition) is 1. The second-order valence-electron chi connectivity index (χ2n) is 6.94. The predicted octanol–water partition coefficient (Wildman–Crippen LogP) is 3.39. The predicted molar refractivity (Wildman–Crippen MR) is 94.1 cm³/mol. The van der Waals surface area contributed by atoms with Crippen LogP contribution in [0.1, 0.15) is 49.5 Å². The van der Waals surface area contributed by atoms with Crippen molar-refractivity contribution in [2.45, 2.75) is 38.1 Å². The van der Waals surface area contributed by atoms with Crippen LogP contribution in [0.3, 0.4) is 0 Å². The van der Waals surface area contributed by atoms with Crippen LogP contribution in [0.4, 0.5) is 5.69 Å². The van der Waals surface area contributed by atoms with Crippen molar-refractivity contribution in [1.82, 2.24) is 5.32 Å². The van der Waals surface area contributed by atoms with Gasteiger partial charge in [-0.15, -0.1) is 0 Å². The average Bonchev–Trinajstić information content (AvgIpc) is 3.02. The van der Waals surface area contributed by atoms with Gasteiger partial charge in [-0.2, -0.15) is 0 Å². The molecule has 1 saturated heterocycles. The molecule has 2 fully saturated rings. The van der Waals surface area contributed by atoms with Gasteiger partial charge in [-0.3, -0.25) is 9.59 Å². The molecule has 130 valence electrons. The van der Waals surface area contributed by atoms with E-state index in [0.717, 1.165) is 36.4 Å². The Balaban J connectivity index is 1.40. The Morgan fingerprint density at radius 3 is 2.92 bits per heavy atom. The molecule has 5 nitrogen and oxygen atoms in total. The molecule has 1 N–H and O–H groups in total. The summed E-state index contributed by atoms with van der Waals surface area (Å²) in [6.45, 7) is 2.75. The van der Waals surface area contributed by atoms with Gasteiger partial charge in [-0.05, 0) is 49.6 Å². The van der Waals surface area contributed by atoms with Crippen LogP contribution in [-0.2, 0) is 9.59 Å². The quantitative estimate of drug-likeness (QED) is 0.909. The molecular weight excluding hydrogens is 316 g/mol. The lowest BCUT2D eigenvalue weighted by molar-refractivity contribution is -0.123. The molecule has 1 aliphatic heterocycles. The van der Waals surface area contributed by atoms with Crippen molar-refractivity contribution in [2.24, 2.45) is 5.92 Å². The molecule has 2 amide bonds. The maximum atomic E-state index is 12.5. The molecule has 0 bridgehead atoms. The molecule has 0 unspecified atom stereocenters. The van der Waals surface area contributed by atoms with Crippen molar-refractivity contribution in [3.05, 3.63) is 54.0 Å². The Bertz CT molecular complexity index is 784. The smallest absolute Gasteiger partial charge is 0.227 e. The number of rotatable bonds is 5. The molecule has 1 saturated carbocycles. The summed E-state index contributed by atoms with van der Waals surface area (Å²) in [6.07, 6.45) is 4.02. The minimum absolute atomic E-state index is 0.00283. The van der Waals surface area contributed by atoms with Crippen LogP contribution in [0.15, 0.2) is 47.1 Å². The van der Waals surface area contributed by atoms with Crippen LogP contribution < -0.4 is 10.2 Å². The van der Waals surface area contributed by atoms with Crippen molar-refractivity contribution in [1.29, 1.82) is 0 Å². The first kappa shape index (κ1) is 15.9. The molecule has 1 aromatic heterocycles. The van der Waals surface area contributed by atoms with E-state index in [1.807, 2.05) is 48.2 Å². The average molecular weight is 338 g/mol. The van der Waals surface area contributed by atoms with Gasteiger partial charge in [-0.1, -0.05) is 12.1 Å². The Labute approximate surface area is 147 Å². The number of anilines is 1. The van der Waals surface area contributed by atoms with E-state index in [0.29, 0.717) is 6.42 Å². The summed E-state index contributed by atoms with van der Waals surface area (Å²) >= 11 is 0. The Morgan fingerprint density at radius 2 is 2.20 bits per heavy atom. The first-order valence-corrected chi connectivity index (χ1v) is 8.87. The summed E-state index contributed by atoms with van der Waals surface area (Å²) in [4.78, 5) is 26.2. The number of nitrogens with zero attached hydrogens (tertiary/aromatic N) is 1. The standard InChI is InChI=1S/C20H22N2O3/c1-13(21-20(24)17-12-16(17)18-7-4-10-25-18)14-5-2-6-15(11-14)22-9-3-8-19(22)23/h2,4-7,10-11,13,16-17H,3,8-9,12H2,1H3,(H,21,24)/t13-,16+,17+/m0/s1. The normalized spacial score (nSPS) is 23.6. The fourth-order valence-corrected chi connectivity index (χ4v) is 3.59. The third-order valence-electron chi connectivity index (χ3n) is 5.15. The monoisotopic (exact) mass is 338 g/mol. The fraction of sp³-hybridized carbons (Fsp3) is 0.400. The molecule has 3 atom stereocenters. The second-order valence-corrected chi connectivity index (χ2v) is 6.94. The highest BCUT2D eigenvalue weighted by Crippen LogP contribution is 2.47. The first-order valence-electron chi connectivity index (χ1n) is 8.87. The van der Waals surface area contributed by atoms with Gasteiger partial charge in [0.1, 0.15) is 5.76 Å². The van der Waals surface area contributed by atoms with Crippen LogP contribution >= 0.6 is 0 Å². The van der Waals surface area contributed by atoms with Gasteiger partial charge in [0, 0.05) is 30.5 Å². The van der Waals surface area contributed by atoms with Crippen LogP contribution in [0.2, 0.25) is 0 Å². The van der Waals surface area contributed by atoms with Gasteiger partial charge in [-0.25, -0.2) is 0 Å². The van der Waals surface area contributed by atoms with E-state index in [-0.39, 0.29) is 29.7 Å². The molecule has 5 heteroatoms. The molecule has 4 rings (SSSR count). The molecule has 1 aliphatic carbocycles. The Hall–Kier alpha value is -2.56. The lowest BCUT2D eigenvalue weighted by Crippen LogP contribution is -2.29. The molecular formula is C20H22N2O3. The molecule has 2 aliphatic rings. The molecule has 1 aromatic carbocycles. The van der Waals surface area contributed by atoms with E-state index in [9.17, 15) is 9.59 Å². The number of carbonyl (C=O) groups excluding carboxylic acids is 2. The van der Waals surface area contributed by atoms with Gasteiger partial charge in [0.05, 0.1) is 12.3 Å². The van der Waals surface area contributed by atoms with Gasteiger partial charge in [0.2, 0.25) is 11.8 Å². The third-order valence-corrected chi connectivity index (χ3v) is 5.15. The molecule has 0 spiro atoms. The molecule has 2 aromatic rings. The van der Waals surface area contributed by atoms with Crippen molar-refractivity contribution < 1.29 is 14.0 Å². The third kappa shape index (κ3) is 3.18. The summed E-state index contributed by atoms with van der Waals surface area (Å²) in [7, 11) is 0. The van der Waals surface area contributed by atoms with Crippen molar-refractivity contribution in [3.63, 3.8) is 0 Å². The van der Waals surface area contributed by atoms with E-state index in [1.54, 1.807) is 6.26 Å². The van der Waals surface area contributed by atoms with Crippen molar-refractivity contribution >= 4 is 17.5 Å². The number of amides is 2. The number of carbonyl (C=O) groups is 2. The van der Waals surface area contributed by atoms with Gasteiger partial charge >= 0.3 is 0 Å². The van der Waals surface area contributed by atoms with E-state index >= 15 is 0 Å². The van der Waals surface area contributed by atoms with E-state index in [2.05, 4.69) is 5.32 Å². The maximum absolute atomic E-state index is 12.5. The summed E-state index contributed by atoms with van der Waals surface area (Å²) in [5.41, 5.74) is 1.93. The summed E-state index contributed by atoms with van der Waals surface area (Å²) in [5, 5.41) is 3.10. The maximum Gasteiger partial charge on any atom is 0.227 e. The zero-order valence-electron chi connectivity index (χ0n) is 14.3. The Kier molecular flexibility index (Phi) is 4.07. The van der Waals surface area contributed by atoms with E-state index in [4.69, 9.17) is 4.42 Å². The van der Waals surface area contributed by atoms with Crippen LogP contribution in [0.25, 0.3) is 0 Å². The molecule has 0 radical (unpaired) electrons. The zero-order chi connectivity index (χ0) is 17.4. The topological polar surface area (TPSA) is 62.6 Å². The number of hydrogen-bond acceptors (Lipinski definition) is 3. The van der Waals surface area contributed by atoms with E-state index < -0.39 is 0 Å². The molecule has 25 heavy (non-hydrogen) atoms. The first-order chi connectivity index (χ1) is 12.1. The summed E-state index contributed by atoms with van der Waals surface area (Å²) < 4.78 is 5.39. The lowest BCUT2D eigenvalue weighted by Gasteiger charge is -2.19. The highest BCUT2D eigenvalue weighted by atomic mass is 16.3. The number of nitrogens with one attached hydrogen (secondary N) is 1. The van der Waals surface area contributed by atoms with Crippen LogP contribution in [0.5, 0.6) is 0 Å². The fourth-order valence-electron chi connectivity index (χ4n) is 3.59. The Morgan fingerprint density at radius 1 is 1.32 bits per heavy atom. The lowest BCUT2D eigenvalue weighted by atomic mass is 10.1. The number of furan rings is 1. The second kappa shape index (κ2) is 6.39. The zero-order valence-corrected chi connectivity index (χ0v) is 14.3. The van der Waals surface area contributed by atoms with Gasteiger partial charge in [0.15, 0.2) is 0 Å². The SMILES string of the molecule is C[C@H](NC(=O)[C@@H]1C[C@H]1c1ccco1)c1cccc(N2CCCC2=O)c1.